The van der Waals surface area contributed by atoms with E-state index in [0.29, 0.717) is 21.5 Å². The number of anilines is 1. The molecule has 2 N–H and O–H groups in total. The van der Waals surface area contributed by atoms with Gasteiger partial charge in [-0.1, -0.05) is 6.92 Å². The molecule has 3 nitrogen and oxygen atoms in total. The molecule has 0 spiro atoms. The Morgan fingerprint density at radius 1 is 1.43 bits per heavy atom. The maximum Gasteiger partial charge on any atom is 0.179 e. The van der Waals surface area contributed by atoms with Crippen molar-refractivity contribution in [2.24, 2.45) is 0 Å². The fraction of sp³-hybridized carbons (Fsp3) is 0.333. The van der Waals surface area contributed by atoms with Crippen LogP contribution in [0.3, 0.4) is 0 Å². The van der Waals surface area contributed by atoms with Crippen molar-refractivity contribution in [1.29, 1.82) is 0 Å². The zero-order valence-corrected chi connectivity index (χ0v) is 10.2. The summed E-state index contributed by atoms with van der Waals surface area (Å²) in [4.78, 5) is 0.313. The highest BCUT2D eigenvalue weighted by Gasteiger charge is 2.16. The lowest BCUT2D eigenvalue weighted by Crippen LogP contribution is -2.06. The molecule has 0 amide bonds. The van der Waals surface area contributed by atoms with Gasteiger partial charge in [-0.25, -0.2) is 8.42 Å². The molecule has 0 unspecified atom stereocenters. The molecule has 1 rings (SSSR count). The molecule has 0 aliphatic carbocycles. The molecule has 0 radical (unpaired) electrons. The van der Waals surface area contributed by atoms with Gasteiger partial charge in [0, 0.05) is 10.2 Å². The van der Waals surface area contributed by atoms with Crippen LogP contribution in [0.25, 0.3) is 0 Å². The van der Waals surface area contributed by atoms with E-state index in [1.54, 1.807) is 12.1 Å². The minimum absolute atomic E-state index is 0.162. The fourth-order valence-corrected chi connectivity index (χ4v) is 3.67. The molecule has 0 aliphatic heterocycles. The van der Waals surface area contributed by atoms with Gasteiger partial charge in [0.1, 0.15) is 0 Å². The van der Waals surface area contributed by atoms with Gasteiger partial charge in [0.25, 0.3) is 0 Å². The predicted octanol–water partition coefficient (Wildman–Crippen LogP) is 2.21. The summed E-state index contributed by atoms with van der Waals surface area (Å²) in [5.74, 6) is 0.162. The molecule has 0 aromatic heterocycles. The number of sulfone groups is 1. The molecule has 0 atom stereocenters. The Morgan fingerprint density at radius 2 is 2.07 bits per heavy atom. The van der Waals surface area contributed by atoms with Crippen molar-refractivity contribution in [2.75, 3.05) is 11.5 Å². The average molecular weight is 278 g/mol. The van der Waals surface area contributed by atoms with E-state index >= 15 is 0 Å². The Hall–Kier alpha value is -0.550. The second kappa shape index (κ2) is 4.31. The lowest BCUT2D eigenvalue weighted by atomic mass is 10.3. The Kier molecular flexibility index (Phi) is 3.55. The van der Waals surface area contributed by atoms with E-state index < -0.39 is 9.84 Å². The average Bonchev–Trinajstić information content (AvgIpc) is 2.02. The summed E-state index contributed by atoms with van der Waals surface area (Å²) in [6.07, 6.45) is 0.610. The molecular formula is C9H12BrNO2S. The third-order valence-corrected chi connectivity index (χ3v) is 4.65. The largest absolute Gasteiger partial charge is 0.399 e. The molecule has 0 fully saturated rings. The molecule has 0 saturated heterocycles. The highest BCUT2D eigenvalue weighted by Crippen LogP contribution is 2.25. The van der Waals surface area contributed by atoms with Crippen molar-refractivity contribution < 1.29 is 8.42 Å². The van der Waals surface area contributed by atoms with Crippen molar-refractivity contribution in [1.82, 2.24) is 0 Å². The summed E-state index contributed by atoms with van der Waals surface area (Å²) >= 11 is 3.19. The monoisotopic (exact) mass is 277 g/mol. The van der Waals surface area contributed by atoms with Crippen LogP contribution < -0.4 is 5.73 Å². The summed E-state index contributed by atoms with van der Waals surface area (Å²) in [6, 6.07) is 4.72. The van der Waals surface area contributed by atoms with Crippen molar-refractivity contribution >= 4 is 31.5 Å². The summed E-state index contributed by atoms with van der Waals surface area (Å²) < 4.78 is 23.9. The van der Waals surface area contributed by atoms with Crippen LogP contribution in [-0.2, 0) is 9.84 Å². The SMILES string of the molecule is CCCS(=O)(=O)c1ccc(N)cc1Br. The third kappa shape index (κ3) is 2.48. The van der Waals surface area contributed by atoms with Gasteiger partial charge in [0.05, 0.1) is 10.6 Å². The maximum absolute atomic E-state index is 11.7. The minimum Gasteiger partial charge on any atom is -0.399 e. The van der Waals surface area contributed by atoms with E-state index in [1.807, 2.05) is 6.92 Å². The summed E-state index contributed by atoms with van der Waals surface area (Å²) in [6.45, 7) is 1.84. The number of hydrogen-bond acceptors (Lipinski definition) is 3. The number of halogens is 1. The van der Waals surface area contributed by atoms with Crippen LogP contribution in [0.5, 0.6) is 0 Å². The van der Waals surface area contributed by atoms with Crippen LogP contribution >= 0.6 is 15.9 Å². The van der Waals surface area contributed by atoms with E-state index in [-0.39, 0.29) is 5.75 Å². The van der Waals surface area contributed by atoms with Crippen LogP contribution in [0.1, 0.15) is 13.3 Å². The highest BCUT2D eigenvalue weighted by molar-refractivity contribution is 9.10. The Morgan fingerprint density at radius 3 is 2.57 bits per heavy atom. The van der Waals surface area contributed by atoms with Crippen LogP contribution in [0.15, 0.2) is 27.6 Å². The van der Waals surface area contributed by atoms with E-state index in [4.69, 9.17) is 5.73 Å². The lowest BCUT2D eigenvalue weighted by molar-refractivity contribution is 0.594. The first-order valence-electron chi connectivity index (χ1n) is 4.25. The molecule has 0 heterocycles. The first-order chi connectivity index (χ1) is 6.47. The number of hydrogen-bond donors (Lipinski definition) is 1. The van der Waals surface area contributed by atoms with Gasteiger partial charge in [-0.15, -0.1) is 0 Å². The van der Waals surface area contributed by atoms with Crippen LogP contribution in [0.2, 0.25) is 0 Å². The topological polar surface area (TPSA) is 60.2 Å². The maximum atomic E-state index is 11.7. The second-order valence-electron chi connectivity index (χ2n) is 3.01. The molecule has 1 aromatic carbocycles. The standard InChI is InChI=1S/C9H12BrNO2S/c1-2-5-14(12,13)9-4-3-7(11)6-8(9)10/h3-4,6H,2,5,11H2,1H3. The summed E-state index contributed by atoms with van der Waals surface area (Å²) in [5, 5.41) is 0. The Balaban J connectivity index is 3.20. The molecule has 14 heavy (non-hydrogen) atoms. The normalized spacial score (nSPS) is 11.6. The zero-order chi connectivity index (χ0) is 10.8. The van der Waals surface area contributed by atoms with Crippen LogP contribution in [0.4, 0.5) is 5.69 Å². The van der Waals surface area contributed by atoms with Crippen LogP contribution in [-0.4, -0.2) is 14.2 Å². The molecule has 1 aromatic rings. The number of rotatable bonds is 3. The second-order valence-corrected chi connectivity index (χ2v) is 5.94. The van der Waals surface area contributed by atoms with E-state index in [0.717, 1.165) is 0 Å². The van der Waals surface area contributed by atoms with Crippen molar-refractivity contribution in [3.63, 3.8) is 0 Å². The molecule has 0 bridgehead atoms. The lowest BCUT2D eigenvalue weighted by Gasteiger charge is -2.05. The molecule has 0 saturated carbocycles. The van der Waals surface area contributed by atoms with Gasteiger partial charge in [-0.05, 0) is 40.5 Å². The quantitative estimate of drug-likeness (QED) is 0.862. The van der Waals surface area contributed by atoms with E-state index in [9.17, 15) is 8.42 Å². The molecule has 5 heteroatoms. The van der Waals surface area contributed by atoms with Crippen LogP contribution in [0, 0.1) is 0 Å². The summed E-state index contributed by atoms with van der Waals surface area (Å²) in [7, 11) is -3.16. The summed E-state index contributed by atoms with van der Waals surface area (Å²) in [5.41, 5.74) is 6.07. The first kappa shape index (κ1) is 11.5. The Bertz CT molecular complexity index is 428. The third-order valence-electron chi connectivity index (χ3n) is 1.76. The van der Waals surface area contributed by atoms with Crippen molar-refractivity contribution in [3.05, 3.63) is 22.7 Å². The highest BCUT2D eigenvalue weighted by atomic mass is 79.9. The van der Waals surface area contributed by atoms with Gasteiger partial charge in [0.2, 0.25) is 0 Å². The minimum atomic E-state index is -3.16. The van der Waals surface area contributed by atoms with E-state index in [1.165, 1.54) is 6.07 Å². The van der Waals surface area contributed by atoms with Crippen molar-refractivity contribution in [3.8, 4) is 0 Å². The fourth-order valence-electron chi connectivity index (χ4n) is 1.15. The Labute approximate surface area is 92.4 Å². The zero-order valence-electron chi connectivity index (χ0n) is 7.83. The number of nitrogen functional groups attached to an aromatic ring is 1. The van der Waals surface area contributed by atoms with E-state index in [2.05, 4.69) is 15.9 Å². The first-order valence-corrected chi connectivity index (χ1v) is 6.69. The van der Waals surface area contributed by atoms with Gasteiger partial charge < -0.3 is 5.73 Å². The number of benzene rings is 1. The van der Waals surface area contributed by atoms with Gasteiger partial charge >= 0.3 is 0 Å². The van der Waals surface area contributed by atoms with Gasteiger partial charge in [-0.3, -0.25) is 0 Å². The van der Waals surface area contributed by atoms with Crippen molar-refractivity contribution in [2.45, 2.75) is 18.2 Å². The molecule has 78 valence electrons. The molecule has 0 aliphatic rings. The molecular weight excluding hydrogens is 266 g/mol. The number of nitrogens with two attached hydrogens (primary N) is 1. The smallest absolute Gasteiger partial charge is 0.179 e. The van der Waals surface area contributed by atoms with Gasteiger partial charge in [0.15, 0.2) is 9.84 Å². The predicted molar refractivity (Wildman–Crippen MR) is 60.9 cm³/mol. The van der Waals surface area contributed by atoms with Gasteiger partial charge in [-0.2, -0.15) is 0 Å².